The van der Waals surface area contributed by atoms with Crippen LogP contribution in [0.25, 0.3) is 0 Å². The van der Waals surface area contributed by atoms with E-state index in [9.17, 15) is 15.0 Å². The lowest BCUT2D eigenvalue weighted by molar-refractivity contribution is -0.145. The van der Waals surface area contributed by atoms with E-state index < -0.39 is 11.5 Å². The van der Waals surface area contributed by atoms with Gasteiger partial charge in [0, 0.05) is 11.0 Å². The number of hydrogen-bond acceptors (Lipinski definition) is 6. The largest absolute Gasteiger partial charge is 0.458 e. The number of rotatable bonds is 6. The monoisotopic (exact) mass is 401 g/mol. The normalized spacial score (nSPS) is 37.0. The first-order chi connectivity index (χ1) is 13.9. The maximum Gasteiger partial charge on any atom is 0.334 e. The summed E-state index contributed by atoms with van der Waals surface area (Å²) < 4.78 is 6.92. The molecule has 1 fully saturated rings. The molecule has 7 nitrogen and oxygen atoms in total. The summed E-state index contributed by atoms with van der Waals surface area (Å²) in [5, 5.41) is 25.2. The fourth-order valence-corrected chi connectivity index (χ4v) is 6.03. The number of hydrogen-bond donors (Lipinski definition) is 2. The maximum atomic E-state index is 11.9. The predicted octanol–water partition coefficient (Wildman–Crippen LogP) is 2.26. The number of aliphatic hydroxyl groups is 2. The highest BCUT2D eigenvalue weighted by Crippen LogP contribution is 2.60. The van der Waals surface area contributed by atoms with Crippen molar-refractivity contribution in [3.63, 3.8) is 0 Å². The van der Waals surface area contributed by atoms with Gasteiger partial charge in [0.1, 0.15) is 19.3 Å². The summed E-state index contributed by atoms with van der Waals surface area (Å²) >= 11 is 0. The lowest BCUT2D eigenvalue weighted by Gasteiger charge is -2.59. The van der Waals surface area contributed by atoms with E-state index in [1.54, 1.807) is 12.7 Å². The van der Waals surface area contributed by atoms with Gasteiger partial charge in [-0.1, -0.05) is 19.9 Å². The Bertz CT molecular complexity index is 818. The molecule has 0 unspecified atom stereocenters. The quantitative estimate of drug-likeness (QED) is 0.561. The molecule has 4 rings (SSSR count). The van der Waals surface area contributed by atoms with Crippen molar-refractivity contribution in [1.82, 2.24) is 14.8 Å². The van der Waals surface area contributed by atoms with Crippen LogP contribution in [0.15, 0.2) is 36.0 Å². The van der Waals surface area contributed by atoms with E-state index in [0.29, 0.717) is 26.0 Å². The Morgan fingerprint density at radius 1 is 1.34 bits per heavy atom. The number of ether oxygens (including phenoxy) is 1. The molecule has 158 valence electrons. The molecule has 2 aliphatic carbocycles. The topological polar surface area (TPSA) is 97.5 Å². The van der Waals surface area contributed by atoms with E-state index in [1.807, 2.05) is 17.7 Å². The fourth-order valence-electron chi connectivity index (χ4n) is 6.03. The number of aliphatic hydroxyl groups excluding tert-OH is 2. The van der Waals surface area contributed by atoms with Gasteiger partial charge in [0.25, 0.3) is 0 Å². The summed E-state index contributed by atoms with van der Waals surface area (Å²) in [7, 11) is 0. The maximum absolute atomic E-state index is 11.9. The Kier molecular flexibility index (Phi) is 5.38. The second-order valence-corrected chi connectivity index (χ2v) is 9.30. The molecular formula is C22H31N3O4. The van der Waals surface area contributed by atoms with Crippen molar-refractivity contribution in [2.45, 2.75) is 58.6 Å². The van der Waals surface area contributed by atoms with E-state index in [-0.39, 0.29) is 29.8 Å². The van der Waals surface area contributed by atoms with Crippen LogP contribution in [-0.4, -0.2) is 50.3 Å². The summed E-state index contributed by atoms with van der Waals surface area (Å²) in [5.41, 5.74) is 1.48. The van der Waals surface area contributed by atoms with Crippen LogP contribution in [0.1, 0.15) is 46.0 Å². The summed E-state index contributed by atoms with van der Waals surface area (Å²) in [5.74, 6) is 0.208. The number of fused-ring (bicyclic) bond motifs is 1. The molecular weight excluding hydrogens is 370 g/mol. The molecule has 1 aromatic rings. The molecule has 0 aromatic carbocycles. The molecule has 0 saturated heterocycles. The second-order valence-electron chi connectivity index (χ2n) is 9.30. The summed E-state index contributed by atoms with van der Waals surface area (Å²) in [6, 6.07) is 0. The van der Waals surface area contributed by atoms with Crippen LogP contribution >= 0.6 is 0 Å². The smallest absolute Gasteiger partial charge is 0.334 e. The Morgan fingerprint density at radius 2 is 2.17 bits per heavy atom. The van der Waals surface area contributed by atoms with Crippen LogP contribution in [0.5, 0.6) is 0 Å². The summed E-state index contributed by atoms with van der Waals surface area (Å²) in [4.78, 5) is 16.0. The molecule has 7 heteroatoms. The molecule has 2 heterocycles. The van der Waals surface area contributed by atoms with Crippen molar-refractivity contribution < 1.29 is 19.7 Å². The average molecular weight is 402 g/mol. The number of allylic oxidation sites excluding steroid dienone is 2. The summed E-state index contributed by atoms with van der Waals surface area (Å²) in [6.45, 7) is 5.34. The lowest BCUT2D eigenvalue weighted by Crippen LogP contribution is -2.57. The van der Waals surface area contributed by atoms with Crippen molar-refractivity contribution in [2.75, 3.05) is 13.2 Å². The molecule has 0 amide bonds. The Labute approximate surface area is 171 Å². The number of carbonyl (C=O) groups is 1. The minimum absolute atomic E-state index is 0.0229. The number of carbonyl (C=O) groups excluding carboxylic acids is 1. The molecule has 0 radical (unpaired) electrons. The van der Waals surface area contributed by atoms with Crippen molar-refractivity contribution in [2.24, 2.45) is 22.7 Å². The van der Waals surface area contributed by atoms with Crippen LogP contribution in [0.2, 0.25) is 0 Å². The highest BCUT2D eigenvalue weighted by molar-refractivity contribution is 5.90. The van der Waals surface area contributed by atoms with Crippen LogP contribution < -0.4 is 0 Å². The molecule has 2 N–H and O–H groups in total. The van der Waals surface area contributed by atoms with Gasteiger partial charge in [0.05, 0.1) is 19.3 Å². The minimum atomic E-state index is -0.522. The van der Waals surface area contributed by atoms with Crippen LogP contribution in [0.4, 0.5) is 0 Å². The number of nitrogens with zero attached hydrogens (tertiary/aromatic N) is 3. The van der Waals surface area contributed by atoms with Gasteiger partial charge in [0.2, 0.25) is 0 Å². The molecule has 0 bridgehead atoms. The Hall–Kier alpha value is -1.99. The average Bonchev–Trinajstić information content (AvgIpc) is 3.36. The third-order valence-electron chi connectivity index (χ3n) is 7.83. The van der Waals surface area contributed by atoms with E-state index in [4.69, 9.17) is 4.74 Å². The third-order valence-corrected chi connectivity index (χ3v) is 7.83. The van der Waals surface area contributed by atoms with Gasteiger partial charge in [-0.25, -0.2) is 14.5 Å². The van der Waals surface area contributed by atoms with E-state index in [0.717, 1.165) is 24.8 Å². The molecule has 1 aromatic heterocycles. The first-order valence-electron chi connectivity index (χ1n) is 10.5. The van der Waals surface area contributed by atoms with Crippen molar-refractivity contribution in [3.05, 3.63) is 36.0 Å². The zero-order chi connectivity index (χ0) is 20.6. The van der Waals surface area contributed by atoms with E-state index in [1.165, 1.54) is 5.57 Å². The number of cyclic esters (lactones) is 1. The van der Waals surface area contributed by atoms with E-state index >= 15 is 0 Å². The van der Waals surface area contributed by atoms with Gasteiger partial charge in [-0.15, -0.1) is 0 Å². The molecule has 3 aliphatic rings. The van der Waals surface area contributed by atoms with E-state index in [2.05, 4.69) is 23.1 Å². The molecule has 0 spiro atoms. The van der Waals surface area contributed by atoms with Gasteiger partial charge in [-0.05, 0) is 61.0 Å². The zero-order valence-electron chi connectivity index (χ0n) is 17.3. The first kappa shape index (κ1) is 20.3. The van der Waals surface area contributed by atoms with Crippen molar-refractivity contribution in [1.29, 1.82) is 0 Å². The second kappa shape index (κ2) is 7.69. The van der Waals surface area contributed by atoms with Gasteiger partial charge >= 0.3 is 5.97 Å². The SMILES string of the molecule is C[C@]1(CO)[C@H]2CC=C(Cn3cncn3)[C@@H](CCC3=CCOC3=O)[C@]2(C)CC[C@H]1O. The fraction of sp³-hybridized carbons (Fsp3) is 0.682. The summed E-state index contributed by atoms with van der Waals surface area (Å²) in [6.07, 6.45) is 10.9. The molecule has 29 heavy (non-hydrogen) atoms. The lowest BCUT2D eigenvalue weighted by atomic mass is 9.47. The Balaban J connectivity index is 1.65. The highest BCUT2D eigenvalue weighted by Gasteiger charge is 2.57. The molecule has 1 aliphatic heterocycles. The molecule has 1 saturated carbocycles. The third kappa shape index (κ3) is 3.44. The van der Waals surface area contributed by atoms with Gasteiger partial charge in [-0.2, -0.15) is 5.10 Å². The number of aromatic nitrogens is 3. The van der Waals surface area contributed by atoms with Crippen LogP contribution in [0, 0.1) is 22.7 Å². The van der Waals surface area contributed by atoms with Gasteiger partial charge < -0.3 is 14.9 Å². The first-order valence-corrected chi connectivity index (χ1v) is 10.5. The van der Waals surface area contributed by atoms with Gasteiger partial charge in [0.15, 0.2) is 0 Å². The predicted molar refractivity (Wildman–Crippen MR) is 107 cm³/mol. The van der Waals surface area contributed by atoms with Crippen LogP contribution in [0.3, 0.4) is 0 Å². The highest BCUT2D eigenvalue weighted by atomic mass is 16.5. The standard InChI is InChI=1S/C22H31N3O4/c1-21-9-7-19(27)22(2,12-26)18(21)6-4-16(11-25-14-23-13-24-25)17(21)5-3-15-8-10-29-20(15)28/h4,8,13-14,17-19,26-27H,3,5-7,9-12H2,1-2H3/t17-,18+,19-,21+,22+/m1/s1. The number of esters is 1. The Morgan fingerprint density at radius 3 is 2.83 bits per heavy atom. The van der Waals surface area contributed by atoms with Crippen molar-refractivity contribution >= 4 is 5.97 Å². The van der Waals surface area contributed by atoms with Crippen LogP contribution in [-0.2, 0) is 16.1 Å². The zero-order valence-corrected chi connectivity index (χ0v) is 17.3. The van der Waals surface area contributed by atoms with Gasteiger partial charge in [-0.3, -0.25) is 0 Å². The minimum Gasteiger partial charge on any atom is -0.458 e. The van der Waals surface area contributed by atoms with Crippen molar-refractivity contribution in [3.8, 4) is 0 Å². The molecule has 5 atom stereocenters.